The van der Waals surface area contributed by atoms with Gasteiger partial charge < -0.3 is 5.32 Å². The summed E-state index contributed by atoms with van der Waals surface area (Å²) in [6.45, 7) is 1.85. The number of hydrogen-bond donors (Lipinski definition) is 1. The molecular formula is C21H15BrClN3O2S. The van der Waals surface area contributed by atoms with Crippen molar-refractivity contribution in [1.82, 2.24) is 9.55 Å². The number of benzene rings is 2. The number of carbonyl (C=O) groups is 1. The minimum atomic E-state index is -0.312. The Bertz CT molecular complexity index is 1260. The van der Waals surface area contributed by atoms with Gasteiger partial charge in [0.25, 0.3) is 5.56 Å². The van der Waals surface area contributed by atoms with E-state index >= 15 is 0 Å². The van der Waals surface area contributed by atoms with E-state index in [-0.39, 0.29) is 18.0 Å². The summed E-state index contributed by atoms with van der Waals surface area (Å²) in [6.07, 6.45) is 1.42. The quantitative estimate of drug-likeness (QED) is 0.413. The number of nitrogens with zero attached hydrogens (tertiary/aromatic N) is 2. The Kier molecular flexibility index (Phi) is 5.54. The van der Waals surface area contributed by atoms with E-state index in [1.165, 1.54) is 22.2 Å². The van der Waals surface area contributed by atoms with E-state index in [0.29, 0.717) is 20.9 Å². The number of fused-ring (bicyclic) bond motifs is 1. The summed E-state index contributed by atoms with van der Waals surface area (Å²) in [7, 11) is 0. The second-order valence-electron chi connectivity index (χ2n) is 6.45. The average Bonchev–Trinajstić information content (AvgIpc) is 3.03. The molecule has 4 rings (SSSR count). The Morgan fingerprint density at radius 3 is 2.55 bits per heavy atom. The number of amides is 1. The van der Waals surface area contributed by atoms with Crippen LogP contribution in [0.25, 0.3) is 21.3 Å². The van der Waals surface area contributed by atoms with Crippen LogP contribution in [0.15, 0.2) is 64.1 Å². The standard InChI is InChI=1S/C21H15BrClN3O2S/c1-12-18(13-2-4-14(22)5-3-13)19-20(29-12)24-11-26(21(19)28)10-17(27)25-16-8-6-15(23)7-9-16/h2-9,11H,10H2,1H3,(H,25,27). The van der Waals surface area contributed by atoms with Crippen molar-refractivity contribution < 1.29 is 4.79 Å². The van der Waals surface area contributed by atoms with Crippen molar-refractivity contribution in [2.75, 3.05) is 5.32 Å². The van der Waals surface area contributed by atoms with Crippen molar-refractivity contribution in [3.05, 3.63) is 79.6 Å². The van der Waals surface area contributed by atoms with Crippen molar-refractivity contribution in [3.63, 3.8) is 0 Å². The summed E-state index contributed by atoms with van der Waals surface area (Å²) in [4.78, 5) is 31.7. The maximum Gasteiger partial charge on any atom is 0.263 e. The minimum absolute atomic E-state index is 0.126. The van der Waals surface area contributed by atoms with Crippen molar-refractivity contribution in [1.29, 1.82) is 0 Å². The second kappa shape index (κ2) is 8.10. The summed E-state index contributed by atoms with van der Waals surface area (Å²) in [5.41, 5.74) is 2.19. The Hall–Kier alpha value is -2.48. The lowest BCUT2D eigenvalue weighted by Gasteiger charge is -2.08. The van der Waals surface area contributed by atoms with Gasteiger partial charge in [0.2, 0.25) is 5.91 Å². The van der Waals surface area contributed by atoms with Gasteiger partial charge >= 0.3 is 0 Å². The molecule has 29 heavy (non-hydrogen) atoms. The van der Waals surface area contributed by atoms with E-state index < -0.39 is 0 Å². The van der Waals surface area contributed by atoms with Gasteiger partial charge in [0, 0.05) is 25.6 Å². The molecule has 2 aromatic heterocycles. The normalized spacial score (nSPS) is 11.0. The zero-order valence-electron chi connectivity index (χ0n) is 15.3. The van der Waals surface area contributed by atoms with Crippen molar-refractivity contribution in [3.8, 4) is 11.1 Å². The molecule has 0 saturated carbocycles. The van der Waals surface area contributed by atoms with Crippen molar-refractivity contribution in [2.45, 2.75) is 13.5 Å². The highest BCUT2D eigenvalue weighted by molar-refractivity contribution is 9.10. The molecule has 0 spiro atoms. The highest BCUT2D eigenvalue weighted by Gasteiger charge is 2.18. The highest BCUT2D eigenvalue weighted by Crippen LogP contribution is 2.35. The molecule has 8 heteroatoms. The number of rotatable bonds is 4. The van der Waals surface area contributed by atoms with Crippen LogP contribution in [0.2, 0.25) is 5.02 Å². The number of anilines is 1. The molecule has 1 N–H and O–H groups in total. The molecule has 2 heterocycles. The van der Waals surface area contributed by atoms with E-state index in [1.54, 1.807) is 24.3 Å². The molecule has 146 valence electrons. The summed E-state index contributed by atoms with van der Waals surface area (Å²) in [5, 5.41) is 3.89. The van der Waals surface area contributed by atoms with Gasteiger partial charge in [-0.05, 0) is 48.9 Å². The van der Waals surface area contributed by atoms with E-state index in [2.05, 4.69) is 26.2 Å². The maximum atomic E-state index is 13.2. The molecule has 0 aliphatic carbocycles. The number of aryl methyl sites for hydroxylation is 1. The lowest BCUT2D eigenvalue weighted by Crippen LogP contribution is -2.27. The first kappa shape index (κ1) is 19.8. The van der Waals surface area contributed by atoms with Crippen molar-refractivity contribution >= 4 is 60.7 Å². The highest BCUT2D eigenvalue weighted by atomic mass is 79.9. The van der Waals surface area contributed by atoms with E-state index in [1.807, 2.05) is 31.2 Å². The van der Waals surface area contributed by atoms with E-state index in [0.717, 1.165) is 20.5 Å². The first-order valence-electron chi connectivity index (χ1n) is 8.72. The van der Waals surface area contributed by atoms with Gasteiger partial charge in [0.15, 0.2) is 0 Å². The smallest absolute Gasteiger partial charge is 0.263 e. The predicted octanol–water partition coefficient (Wildman–Crippen LogP) is 5.49. The predicted molar refractivity (Wildman–Crippen MR) is 122 cm³/mol. The Morgan fingerprint density at radius 1 is 1.17 bits per heavy atom. The first-order valence-corrected chi connectivity index (χ1v) is 10.7. The molecule has 0 aliphatic heterocycles. The summed E-state index contributed by atoms with van der Waals surface area (Å²) < 4.78 is 2.30. The zero-order valence-corrected chi connectivity index (χ0v) is 18.4. The summed E-state index contributed by atoms with van der Waals surface area (Å²) >= 11 is 10.8. The van der Waals surface area contributed by atoms with Crippen LogP contribution in [-0.4, -0.2) is 15.5 Å². The number of thiophene rings is 1. The molecule has 5 nitrogen and oxygen atoms in total. The Labute approximate surface area is 184 Å². The lowest BCUT2D eigenvalue weighted by atomic mass is 10.0. The molecule has 0 radical (unpaired) electrons. The van der Waals surface area contributed by atoms with Crippen LogP contribution >= 0.6 is 38.9 Å². The first-order chi connectivity index (χ1) is 13.9. The Morgan fingerprint density at radius 2 is 1.86 bits per heavy atom. The van der Waals surface area contributed by atoms with Crippen LogP contribution in [0.1, 0.15) is 4.88 Å². The number of carbonyl (C=O) groups excluding carboxylic acids is 1. The van der Waals surface area contributed by atoms with Gasteiger partial charge in [-0.25, -0.2) is 4.98 Å². The van der Waals surface area contributed by atoms with Crippen LogP contribution in [0.4, 0.5) is 5.69 Å². The molecule has 0 fully saturated rings. The number of nitrogens with one attached hydrogen (secondary N) is 1. The fourth-order valence-electron chi connectivity index (χ4n) is 3.10. The molecule has 1 amide bonds. The maximum absolute atomic E-state index is 13.2. The fraction of sp³-hybridized carbons (Fsp3) is 0.0952. The largest absolute Gasteiger partial charge is 0.325 e. The summed E-state index contributed by atoms with van der Waals surface area (Å²) in [6, 6.07) is 14.6. The molecular weight excluding hydrogens is 474 g/mol. The third-order valence-corrected chi connectivity index (χ3v) is 6.22. The van der Waals surface area contributed by atoms with Crippen molar-refractivity contribution in [2.24, 2.45) is 0 Å². The SMILES string of the molecule is Cc1sc2ncn(CC(=O)Nc3ccc(Cl)cc3)c(=O)c2c1-c1ccc(Br)cc1. The van der Waals surface area contributed by atoms with Gasteiger partial charge in [0.1, 0.15) is 11.4 Å². The number of aromatic nitrogens is 2. The van der Waals surface area contributed by atoms with Gasteiger partial charge in [-0.1, -0.05) is 39.7 Å². The Balaban J connectivity index is 1.69. The van der Waals surface area contributed by atoms with Crippen LogP contribution in [0, 0.1) is 6.92 Å². The summed E-state index contributed by atoms with van der Waals surface area (Å²) in [5.74, 6) is -0.312. The van der Waals surface area contributed by atoms with Gasteiger partial charge in [-0.15, -0.1) is 11.3 Å². The third kappa shape index (κ3) is 4.12. The van der Waals surface area contributed by atoms with Crippen LogP contribution in [-0.2, 0) is 11.3 Å². The molecule has 0 saturated heterocycles. The monoisotopic (exact) mass is 487 g/mol. The zero-order chi connectivity index (χ0) is 20.5. The van der Waals surface area contributed by atoms with E-state index in [9.17, 15) is 9.59 Å². The minimum Gasteiger partial charge on any atom is -0.325 e. The fourth-order valence-corrected chi connectivity index (χ4v) is 4.50. The molecule has 0 aliphatic rings. The van der Waals surface area contributed by atoms with Gasteiger partial charge in [-0.3, -0.25) is 14.2 Å². The third-order valence-electron chi connectivity index (χ3n) is 4.43. The van der Waals surface area contributed by atoms with Crippen LogP contribution in [0.5, 0.6) is 0 Å². The topological polar surface area (TPSA) is 64.0 Å². The van der Waals surface area contributed by atoms with Gasteiger partial charge in [-0.2, -0.15) is 0 Å². The lowest BCUT2D eigenvalue weighted by molar-refractivity contribution is -0.116. The molecule has 0 atom stereocenters. The van der Waals surface area contributed by atoms with E-state index in [4.69, 9.17) is 11.6 Å². The second-order valence-corrected chi connectivity index (χ2v) is 9.01. The molecule has 4 aromatic rings. The van der Waals surface area contributed by atoms with Crippen LogP contribution < -0.4 is 10.9 Å². The molecule has 2 aromatic carbocycles. The van der Waals surface area contributed by atoms with Gasteiger partial charge in [0.05, 0.1) is 11.7 Å². The van der Waals surface area contributed by atoms with Crippen LogP contribution in [0.3, 0.4) is 0 Å². The average molecular weight is 489 g/mol. The number of hydrogen-bond acceptors (Lipinski definition) is 4. The number of halogens is 2. The molecule has 0 bridgehead atoms. The molecule has 0 unspecified atom stereocenters.